The van der Waals surface area contributed by atoms with Crippen LogP contribution in [0.15, 0.2) is 18.2 Å². The van der Waals surface area contributed by atoms with Gasteiger partial charge in [0.15, 0.2) is 0 Å². The van der Waals surface area contributed by atoms with Crippen molar-refractivity contribution in [3.8, 4) is 5.75 Å². The predicted molar refractivity (Wildman–Crippen MR) is 61.7 cm³/mol. The van der Waals surface area contributed by atoms with Crippen LogP contribution in [-0.2, 0) is 0 Å². The lowest BCUT2D eigenvalue weighted by molar-refractivity contribution is -0.0400. The van der Waals surface area contributed by atoms with E-state index in [0.717, 1.165) is 11.4 Å². The first kappa shape index (κ1) is 10.6. The summed E-state index contributed by atoms with van der Waals surface area (Å²) in [7, 11) is 0. The lowest BCUT2D eigenvalue weighted by atomic mass is 9.96. The van der Waals surface area contributed by atoms with Gasteiger partial charge < -0.3 is 15.4 Å². The van der Waals surface area contributed by atoms with Crippen LogP contribution >= 0.6 is 0 Å². The van der Waals surface area contributed by atoms with Crippen LogP contribution < -0.4 is 15.4 Å². The van der Waals surface area contributed by atoms with E-state index in [1.165, 1.54) is 0 Å². The molecule has 2 aliphatic rings. The minimum absolute atomic E-state index is 0.0995. The first-order valence-corrected chi connectivity index (χ1v) is 5.72. The zero-order valence-corrected chi connectivity index (χ0v) is 9.33. The molecular formula is C12H14F2N2O. The van der Waals surface area contributed by atoms with Crippen molar-refractivity contribution < 1.29 is 13.5 Å². The Bertz CT molecular complexity index is 450. The van der Waals surface area contributed by atoms with E-state index in [-0.39, 0.29) is 18.9 Å². The number of piperidine rings is 1. The second-order valence-corrected chi connectivity index (χ2v) is 4.70. The number of rotatable bonds is 0. The quantitative estimate of drug-likeness (QED) is 0.707. The highest BCUT2D eigenvalue weighted by atomic mass is 19.3. The Labute approximate surface area is 98.2 Å². The Morgan fingerprint density at radius 3 is 3.06 bits per heavy atom. The maximum absolute atomic E-state index is 13.3. The molecule has 1 fully saturated rings. The van der Waals surface area contributed by atoms with Crippen molar-refractivity contribution in [2.24, 2.45) is 0 Å². The Morgan fingerprint density at radius 1 is 1.41 bits per heavy atom. The van der Waals surface area contributed by atoms with E-state index in [1.807, 2.05) is 4.90 Å². The van der Waals surface area contributed by atoms with Crippen molar-refractivity contribution >= 4 is 11.4 Å². The van der Waals surface area contributed by atoms with Gasteiger partial charge in [-0.15, -0.1) is 0 Å². The van der Waals surface area contributed by atoms with Crippen LogP contribution in [0.4, 0.5) is 20.2 Å². The van der Waals surface area contributed by atoms with Crippen LogP contribution in [-0.4, -0.2) is 25.1 Å². The van der Waals surface area contributed by atoms with Crippen molar-refractivity contribution in [3.63, 3.8) is 0 Å². The molecule has 0 aliphatic carbocycles. The number of benzene rings is 1. The molecule has 0 saturated carbocycles. The summed E-state index contributed by atoms with van der Waals surface area (Å²) < 4.78 is 32.2. The van der Waals surface area contributed by atoms with Gasteiger partial charge in [0, 0.05) is 25.1 Å². The molecule has 0 spiro atoms. The van der Waals surface area contributed by atoms with Gasteiger partial charge in [-0.25, -0.2) is 8.78 Å². The summed E-state index contributed by atoms with van der Waals surface area (Å²) in [6, 6.07) is 5.11. The second-order valence-electron chi connectivity index (χ2n) is 4.70. The largest absolute Gasteiger partial charge is 0.489 e. The van der Waals surface area contributed by atoms with E-state index in [9.17, 15) is 8.78 Å². The van der Waals surface area contributed by atoms with Crippen molar-refractivity contribution in [1.82, 2.24) is 0 Å². The number of nitrogen functional groups attached to an aromatic ring is 1. The zero-order chi connectivity index (χ0) is 12.0. The summed E-state index contributed by atoms with van der Waals surface area (Å²) in [6.45, 7) is 0.685. The normalized spacial score (nSPS) is 25.8. The van der Waals surface area contributed by atoms with E-state index >= 15 is 0 Å². The SMILES string of the molecule is Nc1ccc2c(c1)N1CCC(F)(F)CC1CO2. The number of hydrogen-bond donors (Lipinski definition) is 1. The summed E-state index contributed by atoms with van der Waals surface area (Å²) in [5.41, 5.74) is 7.20. The van der Waals surface area contributed by atoms with Gasteiger partial charge in [0.1, 0.15) is 12.4 Å². The second kappa shape index (κ2) is 3.48. The number of fused-ring (bicyclic) bond motifs is 3. The molecule has 0 radical (unpaired) electrons. The molecule has 3 rings (SSSR count). The Hall–Kier alpha value is -1.52. The van der Waals surface area contributed by atoms with Gasteiger partial charge in [0.05, 0.1) is 11.7 Å². The van der Waals surface area contributed by atoms with Gasteiger partial charge in [-0.3, -0.25) is 0 Å². The molecule has 3 nitrogen and oxygen atoms in total. The molecule has 1 atom stereocenters. The maximum atomic E-state index is 13.3. The first-order chi connectivity index (χ1) is 8.05. The molecule has 1 saturated heterocycles. The highest BCUT2D eigenvalue weighted by Gasteiger charge is 2.42. The van der Waals surface area contributed by atoms with Crippen LogP contribution in [0.3, 0.4) is 0 Å². The summed E-state index contributed by atoms with van der Waals surface area (Å²) in [6.07, 6.45) is -0.237. The van der Waals surface area contributed by atoms with Gasteiger partial charge >= 0.3 is 0 Å². The molecule has 2 aliphatic heterocycles. The van der Waals surface area contributed by atoms with Crippen LogP contribution in [0.1, 0.15) is 12.8 Å². The number of anilines is 2. The third kappa shape index (κ3) is 1.79. The lowest BCUT2D eigenvalue weighted by Crippen LogP contribution is -2.51. The van der Waals surface area contributed by atoms with Crippen molar-refractivity contribution in [1.29, 1.82) is 0 Å². The minimum Gasteiger partial charge on any atom is -0.489 e. The highest BCUT2D eigenvalue weighted by molar-refractivity contribution is 5.66. The molecular weight excluding hydrogens is 226 g/mol. The maximum Gasteiger partial charge on any atom is 0.251 e. The zero-order valence-electron chi connectivity index (χ0n) is 9.33. The molecule has 1 unspecified atom stereocenters. The fourth-order valence-corrected chi connectivity index (χ4v) is 2.56. The smallest absolute Gasteiger partial charge is 0.251 e. The number of nitrogens with zero attached hydrogens (tertiary/aromatic N) is 1. The van der Waals surface area contributed by atoms with E-state index in [1.54, 1.807) is 18.2 Å². The third-order valence-corrected chi connectivity index (χ3v) is 3.42. The monoisotopic (exact) mass is 240 g/mol. The van der Waals surface area contributed by atoms with Crippen LogP contribution in [0.25, 0.3) is 0 Å². The minimum atomic E-state index is -2.57. The fraction of sp³-hybridized carbons (Fsp3) is 0.500. The highest BCUT2D eigenvalue weighted by Crippen LogP contribution is 2.42. The average Bonchev–Trinajstić information content (AvgIpc) is 2.27. The topological polar surface area (TPSA) is 38.5 Å². The van der Waals surface area contributed by atoms with Crippen LogP contribution in [0.5, 0.6) is 5.75 Å². The number of nitrogens with two attached hydrogens (primary N) is 1. The van der Waals surface area contributed by atoms with E-state index < -0.39 is 5.92 Å². The molecule has 1 aromatic carbocycles. The van der Waals surface area contributed by atoms with E-state index in [2.05, 4.69) is 0 Å². The molecule has 5 heteroatoms. The van der Waals surface area contributed by atoms with Crippen LogP contribution in [0, 0.1) is 0 Å². The number of ether oxygens (including phenoxy) is 1. The van der Waals surface area contributed by atoms with E-state index in [0.29, 0.717) is 18.8 Å². The lowest BCUT2D eigenvalue weighted by Gasteiger charge is -2.44. The van der Waals surface area contributed by atoms with Crippen LogP contribution in [0.2, 0.25) is 0 Å². The third-order valence-electron chi connectivity index (χ3n) is 3.42. The molecule has 2 N–H and O–H groups in total. The molecule has 0 amide bonds. The van der Waals surface area contributed by atoms with Crippen molar-refractivity contribution in [2.75, 3.05) is 23.8 Å². The number of hydrogen-bond acceptors (Lipinski definition) is 3. The molecule has 17 heavy (non-hydrogen) atoms. The van der Waals surface area contributed by atoms with Crippen molar-refractivity contribution in [3.05, 3.63) is 18.2 Å². The summed E-state index contributed by atoms with van der Waals surface area (Å²) in [4.78, 5) is 1.99. The van der Waals surface area contributed by atoms with Gasteiger partial charge in [-0.2, -0.15) is 0 Å². The fourth-order valence-electron chi connectivity index (χ4n) is 2.56. The van der Waals surface area contributed by atoms with E-state index in [4.69, 9.17) is 10.5 Å². The summed E-state index contributed by atoms with van der Waals surface area (Å²) in [5.74, 6) is -1.83. The molecule has 0 aromatic heterocycles. The molecule has 2 heterocycles. The Balaban J connectivity index is 1.94. The average molecular weight is 240 g/mol. The number of alkyl halides is 2. The Kier molecular flexibility index (Phi) is 2.18. The molecule has 92 valence electrons. The standard InChI is InChI=1S/C12H14F2N2O/c13-12(14)3-4-16-9(6-12)7-17-11-2-1-8(15)5-10(11)16/h1-2,5,9H,3-4,6-7,15H2. The van der Waals surface area contributed by atoms with Gasteiger partial charge in [0.2, 0.25) is 0 Å². The number of halogens is 2. The van der Waals surface area contributed by atoms with Gasteiger partial charge in [-0.05, 0) is 18.2 Å². The van der Waals surface area contributed by atoms with Gasteiger partial charge in [0.25, 0.3) is 5.92 Å². The predicted octanol–water partition coefficient (Wildman–Crippen LogP) is 2.27. The summed E-state index contributed by atoms with van der Waals surface area (Å²) in [5, 5.41) is 0. The molecule has 1 aromatic rings. The summed E-state index contributed by atoms with van der Waals surface area (Å²) >= 11 is 0. The first-order valence-electron chi connectivity index (χ1n) is 5.72. The van der Waals surface area contributed by atoms with Crippen molar-refractivity contribution in [2.45, 2.75) is 24.8 Å². The van der Waals surface area contributed by atoms with Gasteiger partial charge in [-0.1, -0.05) is 0 Å². The molecule has 0 bridgehead atoms. The Morgan fingerprint density at radius 2 is 2.24 bits per heavy atom.